The molecule has 0 spiro atoms. The summed E-state index contributed by atoms with van der Waals surface area (Å²) in [6.07, 6.45) is 0. The molecule has 0 atom stereocenters. The molecule has 0 saturated heterocycles. The number of hydrogen-bond donors (Lipinski definition) is 1. The molecule has 106 valence electrons. The summed E-state index contributed by atoms with van der Waals surface area (Å²) in [5.74, 6) is 0.588. The molecule has 0 aliphatic carbocycles. The van der Waals surface area contributed by atoms with Crippen LogP contribution in [0, 0.1) is 0 Å². The van der Waals surface area contributed by atoms with Gasteiger partial charge in [0.1, 0.15) is 12.4 Å². The number of nitrogens with one attached hydrogen (secondary N) is 1. The molecule has 5 heteroatoms. The average molecular weight is 323 g/mol. The van der Waals surface area contributed by atoms with Crippen LogP contribution in [0.4, 0.5) is 0 Å². The predicted octanol–water partition coefficient (Wildman–Crippen LogP) is 5.01. The molecule has 0 aliphatic heterocycles. The fourth-order valence-corrected chi connectivity index (χ4v) is 2.06. The van der Waals surface area contributed by atoms with Gasteiger partial charge in [-0.1, -0.05) is 41.4 Å². The molecule has 0 bridgehead atoms. The number of benzene rings is 1. The lowest BCUT2D eigenvalue weighted by molar-refractivity contribution is 0.349. The van der Waals surface area contributed by atoms with Crippen molar-refractivity contribution in [3.05, 3.63) is 39.4 Å². The molecule has 0 aliphatic rings. The van der Waals surface area contributed by atoms with Crippen molar-refractivity contribution in [2.45, 2.75) is 32.9 Å². The molecule has 0 fully saturated rings. The summed E-state index contributed by atoms with van der Waals surface area (Å²) in [7, 11) is 0. The van der Waals surface area contributed by atoms with E-state index in [0.29, 0.717) is 27.4 Å². The quantitative estimate of drug-likeness (QED) is 0.822. The molecule has 0 amide bonds. The zero-order valence-corrected chi connectivity index (χ0v) is 13.6. The minimum Gasteiger partial charge on any atom is -0.486 e. The first kappa shape index (κ1) is 16.6. The Morgan fingerprint density at radius 1 is 1.32 bits per heavy atom. The van der Waals surface area contributed by atoms with E-state index in [1.807, 2.05) is 6.07 Å². The number of ether oxygens (including phenoxy) is 1. The maximum Gasteiger partial charge on any atom is 0.143 e. The van der Waals surface area contributed by atoms with E-state index in [9.17, 15) is 0 Å². The highest BCUT2D eigenvalue weighted by atomic mass is 35.5. The standard InChI is InChI=1S/C14H18Cl3NO/c1-9(15)8-19-13-10(7-18-14(2,3)4)5-11(16)6-12(13)17/h5-6,18H,1,7-8H2,2-4H3. The molecule has 0 radical (unpaired) electrons. The topological polar surface area (TPSA) is 21.3 Å². The molecule has 2 nitrogen and oxygen atoms in total. The molecule has 19 heavy (non-hydrogen) atoms. The maximum atomic E-state index is 6.16. The molecular formula is C14H18Cl3NO. The van der Waals surface area contributed by atoms with Crippen LogP contribution in [0.5, 0.6) is 5.75 Å². The molecule has 0 heterocycles. The van der Waals surface area contributed by atoms with Crippen molar-refractivity contribution in [2.75, 3.05) is 6.61 Å². The molecule has 1 aromatic rings. The van der Waals surface area contributed by atoms with Crippen molar-refractivity contribution in [2.24, 2.45) is 0 Å². The second kappa shape index (κ2) is 6.85. The van der Waals surface area contributed by atoms with Crippen molar-refractivity contribution in [3.8, 4) is 5.75 Å². The van der Waals surface area contributed by atoms with Crippen LogP contribution in [0.15, 0.2) is 23.7 Å². The summed E-state index contributed by atoms with van der Waals surface area (Å²) < 4.78 is 5.59. The molecule has 1 rings (SSSR count). The molecule has 1 aromatic carbocycles. The Hall–Kier alpha value is -0.410. The summed E-state index contributed by atoms with van der Waals surface area (Å²) in [6.45, 7) is 10.7. The van der Waals surface area contributed by atoms with E-state index in [4.69, 9.17) is 39.5 Å². The van der Waals surface area contributed by atoms with Gasteiger partial charge < -0.3 is 10.1 Å². The van der Waals surface area contributed by atoms with Crippen LogP contribution in [-0.4, -0.2) is 12.1 Å². The van der Waals surface area contributed by atoms with Crippen molar-refractivity contribution in [1.29, 1.82) is 0 Å². The normalized spacial score (nSPS) is 11.5. The maximum absolute atomic E-state index is 6.16. The van der Waals surface area contributed by atoms with Gasteiger partial charge in [-0.3, -0.25) is 0 Å². The average Bonchev–Trinajstić information content (AvgIpc) is 2.23. The van der Waals surface area contributed by atoms with E-state index in [1.165, 1.54) is 0 Å². The van der Waals surface area contributed by atoms with Gasteiger partial charge in [-0.05, 0) is 32.9 Å². The Labute approximate surface area is 129 Å². The third kappa shape index (κ3) is 6.05. The Kier molecular flexibility index (Phi) is 6.00. The van der Waals surface area contributed by atoms with Gasteiger partial charge in [0.05, 0.1) is 5.02 Å². The van der Waals surface area contributed by atoms with E-state index in [1.54, 1.807) is 6.07 Å². The molecule has 0 aromatic heterocycles. The molecule has 0 unspecified atom stereocenters. The first-order chi connectivity index (χ1) is 8.69. The highest BCUT2D eigenvalue weighted by Crippen LogP contribution is 2.33. The monoisotopic (exact) mass is 321 g/mol. The van der Waals surface area contributed by atoms with Gasteiger partial charge in [-0.2, -0.15) is 0 Å². The highest BCUT2D eigenvalue weighted by molar-refractivity contribution is 6.35. The Bertz CT molecular complexity index is 466. The van der Waals surface area contributed by atoms with Crippen molar-refractivity contribution < 1.29 is 4.74 Å². The fourth-order valence-electron chi connectivity index (χ4n) is 1.42. The lowest BCUT2D eigenvalue weighted by Gasteiger charge is -2.22. The van der Waals surface area contributed by atoms with Crippen molar-refractivity contribution in [1.82, 2.24) is 5.32 Å². The number of halogens is 3. The van der Waals surface area contributed by atoms with E-state index >= 15 is 0 Å². The Morgan fingerprint density at radius 3 is 2.47 bits per heavy atom. The van der Waals surface area contributed by atoms with Gasteiger partial charge in [0.15, 0.2) is 0 Å². The summed E-state index contributed by atoms with van der Waals surface area (Å²) in [5, 5.41) is 4.83. The molecule has 1 N–H and O–H groups in total. The van der Waals surface area contributed by atoms with Crippen LogP contribution in [0.25, 0.3) is 0 Å². The van der Waals surface area contributed by atoms with Crippen molar-refractivity contribution in [3.63, 3.8) is 0 Å². The summed E-state index contributed by atoms with van der Waals surface area (Å²) >= 11 is 17.9. The Balaban J connectivity index is 2.95. The van der Waals surface area contributed by atoms with Crippen LogP contribution in [0.2, 0.25) is 10.0 Å². The Morgan fingerprint density at radius 2 is 1.95 bits per heavy atom. The molecular weight excluding hydrogens is 305 g/mol. The zero-order valence-electron chi connectivity index (χ0n) is 11.3. The van der Waals surface area contributed by atoms with E-state index in [0.717, 1.165) is 5.56 Å². The third-order valence-corrected chi connectivity index (χ3v) is 2.88. The number of hydrogen-bond acceptors (Lipinski definition) is 2. The van der Waals surface area contributed by atoms with Crippen LogP contribution in [0.3, 0.4) is 0 Å². The van der Waals surface area contributed by atoms with E-state index < -0.39 is 0 Å². The van der Waals surface area contributed by atoms with Gasteiger partial charge in [0.2, 0.25) is 0 Å². The zero-order chi connectivity index (χ0) is 14.6. The molecule has 0 saturated carbocycles. The number of rotatable bonds is 5. The lowest BCUT2D eigenvalue weighted by atomic mass is 10.1. The van der Waals surface area contributed by atoms with E-state index in [-0.39, 0.29) is 12.1 Å². The third-order valence-electron chi connectivity index (χ3n) is 2.27. The van der Waals surface area contributed by atoms with Gasteiger partial charge in [-0.25, -0.2) is 0 Å². The van der Waals surface area contributed by atoms with E-state index in [2.05, 4.69) is 32.7 Å². The van der Waals surface area contributed by atoms with Crippen molar-refractivity contribution >= 4 is 34.8 Å². The summed E-state index contributed by atoms with van der Waals surface area (Å²) in [6, 6.07) is 3.48. The SMILES string of the molecule is C=C(Cl)COc1c(Cl)cc(Cl)cc1CNC(C)(C)C. The largest absolute Gasteiger partial charge is 0.486 e. The van der Waals surface area contributed by atoms with Crippen LogP contribution >= 0.6 is 34.8 Å². The smallest absolute Gasteiger partial charge is 0.143 e. The highest BCUT2D eigenvalue weighted by Gasteiger charge is 2.14. The van der Waals surface area contributed by atoms with Crippen LogP contribution in [0.1, 0.15) is 26.3 Å². The van der Waals surface area contributed by atoms with Gasteiger partial charge >= 0.3 is 0 Å². The summed E-state index contributed by atoms with van der Waals surface area (Å²) in [5.41, 5.74) is 0.882. The van der Waals surface area contributed by atoms with Crippen LogP contribution in [-0.2, 0) is 6.54 Å². The predicted molar refractivity (Wildman–Crippen MR) is 83.5 cm³/mol. The minimum absolute atomic E-state index is 0.0118. The van der Waals surface area contributed by atoms with Gasteiger partial charge in [-0.15, -0.1) is 0 Å². The first-order valence-electron chi connectivity index (χ1n) is 5.88. The van der Waals surface area contributed by atoms with Gasteiger partial charge in [0.25, 0.3) is 0 Å². The first-order valence-corrected chi connectivity index (χ1v) is 7.01. The summed E-state index contributed by atoms with van der Waals surface area (Å²) in [4.78, 5) is 0. The fraction of sp³-hybridized carbons (Fsp3) is 0.429. The second-order valence-corrected chi connectivity index (χ2v) is 6.66. The van der Waals surface area contributed by atoms with Gasteiger partial charge in [0, 0.05) is 27.7 Å². The lowest BCUT2D eigenvalue weighted by Crippen LogP contribution is -2.35. The minimum atomic E-state index is -0.0118. The second-order valence-electron chi connectivity index (χ2n) is 5.29. The van der Waals surface area contributed by atoms with Crippen LogP contribution < -0.4 is 10.1 Å².